The van der Waals surface area contributed by atoms with Crippen LogP contribution < -0.4 is 0 Å². The Labute approximate surface area is 140 Å². The largest absolute Gasteiger partial charge is 0.206 e. The predicted octanol–water partition coefficient (Wildman–Crippen LogP) is 6.48. The van der Waals surface area contributed by atoms with Crippen LogP contribution in [0, 0.1) is 18.7 Å². The molecule has 2 aromatic carbocycles. The smallest absolute Gasteiger partial charge is 0.132 e. The first-order valence-electron chi connectivity index (χ1n) is 8.15. The summed E-state index contributed by atoms with van der Waals surface area (Å²) in [6.07, 6.45) is 3.93. The number of benzene rings is 2. The molecule has 0 unspecified atom stereocenters. The molecule has 116 valence electrons. The van der Waals surface area contributed by atoms with Crippen molar-refractivity contribution >= 4 is 11.3 Å². The number of thiophene rings is 1. The van der Waals surface area contributed by atoms with Crippen LogP contribution in [0.15, 0.2) is 54.6 Å². The Morgan fingerprint density at radius 2 is 1.70 bits per heavy atom. The molecule has 0 aliphatic heterocycles. The maximum Gasteiger partial charge on any atom is 0.132 e. The van der Waals surface area contributed by atoms with E-state index in [2.05, 4.69) is 24.3 Å². The lowest BCUT2D eigenvalue weighted by Gasteiger charge is -2.07. The molecule has 0 bridgehead atoms. The van der Waals surface area contributed by atoms with Gasteiger partial charge in [-0.2, -0.15) is 0 Å². The molecule has 0 spiro atoms. The molecule has 1 fully saturated rings. The normalized spacial score (nSPS) is 14.2. The zero-order valence-corrected chi connectivity index (χ0v) is 14.0. The molecule has 4 rings (SSSR count). The lowest BCUT2D eigenvalue weighted by atomic mass is 10.00. The van der Waals surface area contributed by atoms with Crippen molar-refractivity contribution in [2.24, 2.45) is 5.92 Å². The van der Waals surface area contributed by atoms with E-state index in [1.54, 1.807) is 17.4 Å². The second kappa shape index (κ2) is 5.93. The van der Waals surface area contributed by atoms with E-state index in [4.69, 9.17) is 0 Å². The van der Waals surface area contributed by atoms with E-state index >= 15 is 0 Å². The summed E-state index contributed by atoms with van der Waals surface area (Å²) in [5.74, 6) is 0.748. The number of hydrogen-bond donors (Lipinski definition) is 0. The van der Waals surface area contributed by atoms with Gasteiger partial charge in [0.15, 0.2) is 0 Å². The molecule has 0 radical (unpaired) electrons. The van der Waals surface area contributed by atoms with Gasteiger partial charge in [0.1, 0.15) is 5.82 Å². The highest BCUT2D eigenvalue weighted by molar-refractivity contribution is 7.15. The minimum absolute atomic E-state index is 0.147. The third-order valence-electron chi connectivity index (χ3n) is 4.48. The molecule has 0 saturated heterocycles. The van der Waals surface area contributed by atoms with Crippen LogP contribution >= 0.6 is 11.3 Å². The molecule has 1 aliphatic rings. The van der Waals surface area contributed by atoms with Gasteiger partial charge in [0.2, 0.25) is 0 Å². The van der Waals surface area contributed by atoms with Gasteiger partial charge in [-0.25, -0.2) is 4.39 Å². The topological polar surface area (TPSA) is 0 Å². The molecule has 0 nitrogen and oxygen atoms in total. The predicted molar refractivity (Wildman–Crippen MR) is 96.3 cm³/mol. The first kappa shape index (κ1) is 14.6. The summed E-state index contributed by atoms with van der Waals surface area (Å²) in [4.78, 5) is 2.20. The summed E-state index contributed by atoms with van der Waals surface area (Å²) < 4.78 is 14.5. The summed E-state index contributed by atoms with van der Waals surface area (Å²) >= 11 is 1.63. The SMILES string of the molecule is Cc1ccc(-c2ccc(-c3ccc(CC4CC4)cc3)cc2F)s1. The Hall–Kier alpha value is -1.93. The molecular weight excluding hydrogens is 303 g/mol. The van der Waals surface area contributed by atoms with Crippen molar-refractivity contribution in [1.82, 2.24) is 0 Å². The van der Waals surface area contributed by atoms with Crippen LogP contribution in [0.4, 0.5) is 4.39 Å². The van der Waals surface area contributed by atoms with Crippen molar-refractivity contribution in [2.45, 2.75) is 26.2 Å². The molecule has 0 atom stereocenters. The van der Waals surface area contributed by atoms with E-state index in [0.717, 1.165) is 21.9 Å². The fraction of sp³-hybridized carbons (Fsp3) is 0.238. The van der Waals surface area contributed by atoms with Crippen molar-refractivity contribution in [3.8, 4) is 21.6 Å². The van der Waals surface area contributed by atoms with Gasteiger partial charge in [-0.15, -0.1) is 11.3 Å². The minimum atomic E-state index is -0.147. The average molecular weight is 322 g/mol. The van der Waals surface area contributed by atoms with E-state index in [9.17, 15) is 4.39 Å². The number of halogens is 1. The second-order valence-electron chi connectivity index (χ2n) is 6.45. The molecule has 1 aromatic heterocycles. The Bertz CT molecular complexity index is 825. The quantitative estimate of drug-likeness (QED) is 0.515. The zero-order chi connectivity index (χ0) is 15.8. The van der Waals surface area contributed by atoms with Gasteiger partial charge in [0.25, 0.3) is 0 Å². The van der Waals surface area contributed by atoms with Crippen LogP contribution in [0.25, 0.3) is 21.6 Å². The highest BCUT2D eigenvalue weighted by Gasteiger charge is 2.21. The maximum atomic E-state index is 14.5. The van der Waals surface area contributed by atoms with Gasteiger partial charge in [0.05, 0.1) is 0 Å². The highest BCUT2D eigenvalue weighted by atomic mass is 32.1. The third-order valence-corrected chi connectivity index (χ3v) is 5.52. The van der Waals surface area contributed by atoms with Crippen molar-refractivity contribution in [1.29, 1.82) is 0 Å². The van der Waals surface area contributed by atoms with Gasteiger partial charge in [-0.3, -0.25) is 0 Å². The van der Waals surface area contributed by atoms with Crippen LogP contribution in [0.1, 0.15) is 23.3 Å². The van der Waals surface area contributed by atoms with E-state index in [1.165, 1.54) is 29.7 Å². The van der Waals surface area contributed by atoms with E-state index in [-0.39, 0.29) is 5.82 Å². The highest BCUT2D eigenvalue weighted by Crippen LogP contribution is 2.34. The number of rotatable bonds is 4. The average Bonchev–Trinajstić information content (AvgIpc) is 3.26. The van der Waals surface area contributed by atoms with Gasteiger partial charge >= 0.3 is 0 Å². The molecule has 0 N–H and O–H groups in total. The molecule has 23 heavy (non-hydrogen) atoms. The standard InChI is InChI=1S/C21H19FS/c1-14-2-11-21(23-14)19-10-9-18(13-20(19)22)17-7-5-16(6-8-17)12-15-3-4-15/h2,5-11,13,15H,3-4,12H2,1H3. The Kier molecular flexibility index (Phi) is 3.78. The van der Waals surface area contributed by atoms with Gasteiger partial charge in [-0.05, 0) is 73.1 Å². The van der Waals surface area contributed by atoms with Crippen LogP contribution in [0.5, 0.6) is 0 Å². The summed E-state index contributed by atoms with van der Waals surface area (Å²) in [6.45, 7) is 2.05. The summed E-state index contributed by atoms with van der Waals surface area (Å²) in [5.41, 5.74) is 4.11. The Morgan fingerprint density at radius 3 is 2.30 bits per heavy atom. The summed E-state index contributed by atoms with van der Waals surface area (Å²) in [5, 5.41) is 0. The fourth-order valence-corrected chi connectivity index (χ4v) is 3.86. The Morgan fingerprint density at radius 1 is 0.957 bits per heavy atom. The van der Waals surface area contributed by atoms with Gasteiger partial charge in [0, 0.05) is 15.3 Å². The van der Waals surface area contributed by atoms with Gasteiger partial charge < -0.3 is 0 Å². The van der Waals surface area contributed by atoms with Crippen LogP contribution in [-0.2, 0) is 6.42 Å². The minimum Gasteiger partial charge on any atom is -0.206 e. The first-order chi connectivity index (χ1) is 11.2. The second-order valence-corrected chi connectivity index (χ2v) is 7.74. The van der Waals surface area contributed by atoms with E-state index in [1.807, 2.05) is 31.2 Å². The molecular formula is C21H19FS. The zero-order valence-electron chi connectivity index (χ0n) is 13.2. The molecule has 1 aliphatic carbocycles. The lowest BCUT2D eigenvalue weighted by Crippen LogP contribution is -1.88. The van der Waals surface area contributed by atoms with Crippen molar-refractivity contribution in [2.75, 3.05) is 0 Å². The molecule has 1 heterocycles. The number of aryl methyl sites for hydroxylation is 1. The molecule has 0 amide bonds. The first-order valence-corrected chi connectivity index (χ1v) is 8.96. The van der Waals surface area contributed by atoms with E-state index in [0.29, 0.717) is 5.56 Å². The molecule has 2 heteroatoms. The monoisotopic (exact) mass is 322 g/mol. The van der Waals surface area contributed by atoms with Crippen molar-refractivity contribution < 1.29 is 4.39 Å². The summed E-state index contributed by atoms with van der Waals surface area (Å²) in [7, 11) is 0. The number of hydrogen-bond acceptors (Lipinski definition) is 1. The lowest BCUT2D eigenvalue weighted by molar-refractivity contribution is 0.632. The van der Waals surface area contributed by atoms with Crippen molar-refractivity contribution in [3.05, 3.63) is 70.9 Å². The maximum absolute atomic E-state index is 14.5. The van der Waals surface area contributed by atoms with Gasteiger partial charge in [-0.1, -0.05) is 30.3 Å². The van der Waals surface area contributed by atoms with Crippen LogP contribution in [0.2, 0.25) is 0 Å². The molecule has 1 saturated carbocycles. The van der Waals surface area contributed by atoms with Crippen LogP contribution in [-0.4, -0.2) is 0 Å². The van der Waals surface area contributed by atoms with Crippen molar-refractivity contribution in [3.63, 3.8) is 0 Å². The third kappa shape index (κ3) is 3.23. The summed E-state index contributed by atoms with van der Waals surface area (Å²) in [6, 6.07) is 18.2. The fourth-order valence-electron chi connectivity index (χ4n) is 2.96. The van der Waals surface area contributed by atoms with Crippen LogP contribution in [0.3, 0.4) is 0 Å². The molecule has 3 aromatic rings. The van der Waals surface area contributed by atoms with E-state index < -0.39 is 0 Å². The Balaban J connectivity index is 1.60.